The number of rotatable bonds is 4. The van der Waals surface area contributed by atoms with Crippen LogP contribution in [0.4, 0.5) is 17.6 Å². The predicted octanol–water partition coefficient (Wildman–Crippen LogP) is 0.675. The second-order valence-corrected chi connectivity index (χ2v) is 6.08. The highest BCUT2D eigenvalue weighted by atomic mass is 16.5. The summed E-state index contributed by atoms with van der Waals surface area (Å²) in [5.41, 5.74) is 5.92. The first-order chi connectivity index (χ1) is 11.7. The zero-order valence-electron chi connectivity index (χ0n) is 14.1. The molecule has 2 N–H and O–H groups in total. The number of nitrogens with zero attached hydrogens (tertiary/aromatic N) is 4. The molecule has 0 radical (unpaired) electrons. The molecule has 0 saturated carbocycles. The lowest BCUT2D eigenvalue weighted by molar-refractivity contribution is -0.148. The highest BCUT2D eigenvalue weighted by Gasteiger charge is 2.28. The number of hydrogen-bond donors (Lipinski definition) is 1. The average Bonchev–Trinajstić information content (AvgIpc) is 2.62. The van der Waals surface area contributed by atoms with Gasteiger partial charge in [-0.15, -0.1) is 0 Å². The maximum absolute atomic E-state index is 12.0. The van der Waals surface area contributed by atoms with Gasteiger partial charge in [0, 0.05) is 32.2 Å². The smallest absolute Gasteiger partial charge is 0.310 e. The van der Waals surface area contributed by atoms with Crippen LogP contribution in [0.5, 0.6) is 0 Å². The first-order valence-electron chi connectivity index (χ1n) is 8.56. The van der Waals surface area contributed by atoms with Gasteiger partial charge in [-0.05, 0) is 19.8 Å². The van der Waals surface area contributed by atoms with E-state index in [-0.39, 0.29) is 17.8 Å². The van der Waals surface area contributed by atoms with Crippen molar-refractivity contribution in [2.45, 2.75) is 19.8 Å². The van der Waals surface area contributed by atoms with Gasteiger partial charge >= 0.3 is 5.97 Å². The van der Waals surface area contributed by atoms with Gasteiger partial charge in [0.1, 0.15) is 11.6 Å². The van der Waals surface area contributed by atoms with E-state index in [0.717, 1.165) is 44.1 Å². The Morgan fingerprint density at radius 1 is 1.29 bits per heavy atom. The molecular weight excluding hydrogens is 310 g/mol. The third kappa shape index (κ3) is 3.87. The van der Waals surface area contributed by atoms with Gasteiger partial charge in [0.2, 0.25) is 5.95 Å². The van der Waals surface area contributed by atoms with E-state index >= 15 is 0 Å². The van der Waals surface area contributed by atoms with Crippen LogP contribution in [0.25, 0.3) is 0 Å². The van der Waals surface area contributed by atoms with Crippen molar-refractivity contribution in [2.75, 3.05) is 61.5 Å². The summed E-state index contributed by atoms with van der Waals surface area (Å²) in [6.45, 7) is 6.67. The number of hydrogen-bond acceptors (Lipinski definition) is 8. The van der Waals surface area contributed by atoms with E-state index in [9.17, 15) is 4.79 Å². The summed E-state index contributed by atoms with van der Waals surface area (Å²) in [5, 5.41) is 0. The number of carbonyl (C=O) groups is 1. The molecule has 0 aliphatic carbocycles. The van der Waals surface area contributed by atoms with Crippen LogP contribution < -0.4 is 15.5 Å². The SMILES string of the molecule is CCOC(=O)C1CCCN(c2cc(N3CCOCC3)nc(N)n2)C1. The van der Waals surface area contributed by atoms with Gasteiger partial charge in [0.05, 0.1) is 25.7 Å². The number of piperidine rings is 1. The summed E-state index contributed by atoms with van der Waals surface area (Å²) in [6, 6.07) is 1.95. The molecule has 2 aliphatic rings. The molecule has 2 fully saturated rings. The highest BCUT2D eigenvalue weighted by molar-refractivity contribution is 5.73. The normalized spacial score (nSPS) is 21.6. The van der Waals surface area contributed by atoms with E-state index in [1.807, 2.05) is 13.0 Å². The van der Waals surface area contributed by atoms with Crippen LogP contribution in [-0.2, 0) is 14.3 Å². The van der Waals surface area contributed by atoms with Crippen molar-refractivity contribution >= 4 is 23.6 Å². The zero-order chi connectivity index (χ0) is 16.9. The summed E-state index contributed by atoms with van der Waals surface area (Å²) in [5.74, 6) is 1.61. The molecule has 8 heteroatoms. The van der Waals surface area contributed by atoms with E-state index in [1.54, 1.807) is 0 Å². The van der Waals surface area contributed by atoms with Crippen molar-refractivity contribution in [3.63, 3.8) is 0 Å². The number of carbonyl (C=O) groups excluding carboxylic acids is 1. The molecule has 132 valence electrons. The molecule has 8 nitrogen and oxygen atoms in total. The van der Waals surface area contributed by atoms with Gasteiger partial charge in [-0.25, -0.2) is 0 Å². The van der Waals surface area contributed by atoms with E-state index in [1.165, 1.54) is 0 Å². The van der Waals surface area contributed by atoms with Gasteiger partial charge < -0.3 is 25.0 Å². The first-order valence-corrected chi connectivity index (χ1v) is 8.56. The summed E-state index contributed by atoms with van der Waals surface area (Å²) in [6.07, 6.45) is 1.78. The number of anilines is 3. The Kier molecular flexibility index (Phi) is 5.34. The van der Waals surface area contributed by atoms with Crippen molar-refractivity contribution in [2.24, 2.45) is 5.92 Å². The largest absolute Gasteiger partial charge is 0.466 e. The van der Waals surface area contributed by atoms with Crippen LogP contribution in [0.1, 0.15) is 19.8 Å². The lowest BCUT2D eigenvalue weighted by Gasteiger charge is -2.33. The summed E-state index contributed by atoms with van der Waals surface area (Å²) in [4.78, 5) is 25.0. The molecule has 0 amide bonds. The minimum Gasteiger partial charge on any atom is -0.466 e. The van der Waals surface area contributed by atoms with Crippen molar-refractivity contribution in [1.29, 1.82) is 0 Å². The third-order valence-corrected chi connectivity index (χ3v) is 4.42. The quantitative estimate of drug-likeness (QED) is 0.803. The molecule has 2 saturated heterocycles. The zero-order valence-corrected chi connectivity index (χ0v) is 14.1. The van der Waals surface area contributed by atoms with Crippen LogP contribution in [-0.4, -0.2) is 61.9 Å². The number of ether oxygens (including phenoxy) is 2. The van der Waals surface area contributed by atoms with Crippen LogP contribution in [0.3, 0.4) is 0 Å². The van der Waals surface area contributed by atoms with Gasteiger partial charge in [-0.2, -0.15) is 9.97 Å². The minimum absolute atomic E-state index is 0.110. The van der Waals surface area contributed by atoms with E-state index in [0.29, 0.717) is 26.4 Å². The minimum atomic E-state index is -0.127. The Bertz CT molecular complexity index is 577. The molecule has 0 bridgehead atoms. The fourth-order valence-electron chi connectivity index (χ4n) is 3.19. The molecule has 2 aliphatic heterocycles. The van der Waals surface area contributed by atoms with Crippen LogP contribution >= 0.6 is 0 Å². The Morgan fingerprint density at radius 2 is 2.00 bits per heavy atom. The topological polar surface area (TPSA) is 93.8 Å². The van der Waals surface area contributed by atoms with Crippen LogP contribution in [0, 0.1) is 5.92 Å². The van der Waals surface area contributed by atoms with Crippen molar-refractivity contribution in [1.82, 2.24) is 9.97 Å². The second kappa shape index (κ2) is 7.65. The monoisotopic (exact) mass is 335 g/mol. The summed E-state index contributed by atoms with van der Waals surface area (Å²) >= 11 is 0. The van der Waals surface area contributed by atoms with E-state index in [2.05, 4.69) is 19.8 Å². The van der Waals surface area contributed by atoms with Crippen LogP contribution in [0.15, 0.2) is 6.07 Å². The molecule has 0 spiro atoms. The summed E-state index contributed by atoms with van der Waals surface area (Å²) in [7, 11) is 0. The molecule has 0 aromatic carbocycles. The fourth-order valence-corrected chi connectivity index (χ4v) is 3.19. The molecule has 24 heavy (non-hydrogen) atoms. The van der Waals surface area contributed by atoms with Gasteiger partial charge in [-0.1, -0.05) is 0 Å². The number of aromatic nitrogens is 2. The lowest BCUT2D eigenvalue weighted by Crippen LogP contribution is -2.40. The van der Waals surface area contributed by atoms with Crippen molar-refractivity contribution in [3.05, 3.63) is 6.07 Å². The molecule has 1 atom stereocenters. The number of nitrogens with two attached hydrogens (primary N) is 1. The van der Waals surface area contributed by atoms with Gasteiger partial charge in [0.15, 0.2) is 0 Å². The van der Waals surface area contributed by atoms with Crippen LogP contribution in [0.2, 0.25) is 0 Å². The number of nitrogen functional groups attached to an aromatic ring is 1. The van der Waals surface area contributed by atoms with Gasteiger partial charge in [0.25, 0.3) is 0 Å². The van der Waals surface area contributed by atoms with E-state index in [4.69, 9.17) is 15.2 Å². The molecule has 1 aromatic heterocycles. The first kappa shape index (κ1) is 16.8. The Morgan fingerprint density at radius 3 is 2.71 bits per heavy atom. The standard InChI is InChI=1S/C16H25N5O3/c1-2-24-15(22)12-4-3-5-21(11-12)14-10-13(18-16(17)19-14)20-6-8-23-9-7-20/h10,12H,2-9,11H2,1H3,(H2,17,18,19). The highest BCUT2D eigenvalue weighted by Crippen LogP contribution is 2.26. The third-order valence-electron chi connectivity index (χ3n) is 4.42. The maximum atomic E-state index is 12.0. The molecule has 3 rings (SSSR count). The fraction of sp³-hybridized carbons (Fsp3) is 0.688. The van der Waals surface area contributed by atoms with E-state index < -0.39 is 0 Å². The average molecular weight is 335 g/mol. The van der Waals surface area contributed by atoms with Gasteiger partial charge in [-0.3, -0.25) is 4.79 Å². The Balaban J connectivity index is 1.75. The summed E-state index contributed by atoms with van der Waals surface area (Å²) < 4.78 is 10.5. The molecular formula is C16H25N5O3. The molecule has 1 aromatic rings. The predicted molar refractivity (Wildman–Crippen MR) is 91.0 cm³/mol. The Hall–Kier alpha value is -2.09. The molecule has 3 heterocycles. The lowest BCUT2D eigenvalue weighted by atomic mass is 9.98. The molecule has 1 unspecified atom stereocenters. The van der Waals surface area contributed by atoms with Crippen molar-refractivity contribution < 1.29 is 14.3 Å². The Labute approximate surface area is 141 Å². The van der Waals surface area contributed by atoms with Crippen molar-refractivity contribution in [3.8, 4) is 0 Å². The maximum Gasteiger partial charge on any atom is 0.310 e. The number of esters is 1. The second-order valence-electron chi connectivity index (χ2n) is 6.08. The number of morpholine rings is 1.